The average molecular weight is 406 g/mol. The molecular weight excluding hydrogens is 378 g/mol. The van der Waals surface area contributed by atoms with Crippen molar-refractivity contribution < 1.29 is 19.0 Å². The van der Waals surface area contributed by atoms with Crippen LogP contribution in [0.4, 0.5) is 0 Å². The zero-order valence-electron chi connectivity index (χ0n) is 16.7. The maximum Gasteiger partial charge on any atom is 0.179 e. The zero-order chi connectivity index (χ0) is 19.9. The number of unbranched alkanes of at least 4 members (excludes halogenated alkanes) is 1. The van der Waals surface area contributed by atoms with Crippen LogP contribution in [0.1, 0.15) is 43.4 Å². The Hall–Kier alpha value is -1.79. The fourth-order valence-corrected chi connectivity index (χ4v) is 3.31. The van der Waals surface area contributed by atoms with E-state index in [1.165, 1.54) is 0 Å². The lowest BCUT2D eigenvalue weighted by Crippen LogP contribution is -2.18. The van der Waals surface area contributed by atoms with Gasteiger partial charge in [0.2, 0.25) is 0 Å². The molecule has 0 spiro atoms. The van der Waals surface area contributed by atoms with Gasteiger partial charge in [-0.05, 0) is 41.8 Å². The van der Waals surface area contributed by atoms with Gasteiger partial charge in [0.15, 0.2) is 17.8 Å². The first-order chi connectivity index (χ1) is 13.6. The number of benzene rings is 2. The highest BCUT2D eigenvalue weighted by molar-refractivity contribution is 6.30. The quantitative estimate of drug-likeness (QED) is 0.524. The topological polar surface area (TPSA) is 40.2 Å². The van der Waals surface area contributed by atoms with Gasteiger partial charge in [0.05, 0.1) is 13.2 Å². The molecule has 0 bridgehead atoms. The van der Waals surface area contributed by atoms with Crippen LogP contribution in [0.2, 0.25) is 5.02 Å². The summed E-state index contributed by atoms with van der Waals surface area (Å²) in [4.78, 5) is 5.82. The Morgan fingerprint density at radius 2 is 1.93 bits per heavy atom. The van der Waals surface area contributed by atoms with Crippen molar-refractivity contribution in [3.63, 3.8) is 0 Å². The Labute approximate surface area is 172 Å². The summed E-state index contributed by atoms with van der Waals surface area (Å²) >= 11 is 5.93. The third-order valence-electron chi connectivity index (χ3n) is 4.82. The van der Waals surface area contributed by atoms with E-state index in [1.54, 1.807) is 7.11 Å². The minimum atomic E-state index is -0.201. The molecule has 1 aliphatic heterocycles. The Bertz CT molecular complexity index is 753. The molecule has 0 aromatic heterocycles. The Balaban J connectivity index is 1.64. The van der Waals surface area contributed by atoms with E-state index in [-0.39, 0.29) is 12.3 Å². The van der Waals surface area contributed by atoms with Gasteiger partial charge in [-0.25, -0.2) is 0 Å². The van der Waals surface area contributed by atoms with Crippen LogP contribution in [0.3, 0.4) is 0 Å². The summed E-state index contributed by atoms with van der Waals surface area (Å²) in [7, 11) is 3.59. The van der Waals surface area contributed by atoms with Gasteiger partial charge in [0, 0.05) is 25.1 Å². The number of hydrogen-bond acceptors (Lipinski definition) is 5. The first kappa shape index (κ1) is 20.9. The summed E-state index contributed by atoms with van der Waals surface area (Å²) in [6, 6.07) is 13.7. The molecule has 0 amide bonds. The first-order valence-electron chi connectivity index (χ1n) is 9.67. The molecule has 152 valence electrons. The second kappa shape index (κ2) is 10.1. The van der Waals surface area contributed by atoms with Gasteiger partial charge in [0.1, 0.15) is 6.61 Å². The molecule has 5 nitrogen and oxygen atoms in total. The van der Waals surface area contributed by atoms with Crippen molar-refractivity contribution in [1.82, 2.24) is 5.06 Å². The van der Waals surface area contributed by atoms with E-state index in [4.69, 9.17) is 30.6 Å². The molecule has 3 rings (SSSR count). The SMILES string of the molecule is CCCCO[C@H]1C[C@@H](c2ccc(OCc3ccc(Cl)cc3)c(OC)c2)N(C)O1. The van der Waals surface area contributed by atoms with Crippen molar-refractivity contribution in [2.45, 2.75) is 45.1 Å². The molecule has 2 atom stereocenters. The predicted molar refractivity (Wildman–Crippen MR) is 110 cm³/mol. The molecule has 2 aromatic carbocycles. The van der Waals surface area contributed by atoms with E-state index in [0.29, 0.717) is 23.1 Å². The van der Waals surface area contributed by atoms with E-state index in [2.05, 4.69) is 13.0 Å². The van der Waals surface area contributed by atoms with Gasteiger partial charge < -0.3 is 14.2 Å². The van der Waals surface area contributed by atoms with Gasteiger partial charge in [-0.1, -0.05) is 43.1 Å². The number of ether oxygens (including phenoxy) is 3. The van der Waals surface area contributed by atoms with Crippen molar-refractivity contribution >= 4 is 11.6 Å². The Morgan fingerprint density at radius 3 is 2.64 bits per heavy atom. The van der Waals surface area contributed by atoms with Crippen molar-refractivity contribution in [3.8, 4) is 11.5 Å². The van der Waals surface area contributed by atoms with E-state index in [0.717, 1.165) is 37.0 Å². The predicted octanol–water partition coefficient (Wildman–Crippen LogP) is 5.38. The fraction of sp³-hybridized carbons (Fsp3) is 0.455. The second-order valence-electron chi connectivity index (χ2n) is 6.88. The molecule has 2 aromatic rings. The lowest BCUT2D eigenvalue weighted by atomic mass is 10.0. The number of halogens is 1. The number of methoxy groups -OCH3 is 1. The molecule has 0 saturated carbocycles. The van der Waals surface area contributed by atoms with Crippen LogP contribution in [0, 0.1) is 0 Å². The summed E-state index contributed by atoms with van der Waals surface area (Å²) in [5.74, 6) is 1.41. The van der Waals surface area contributed by atoms with Gasteiger partial charge >= 0.3 is 0 Å². The highest BCUT2D eigenvalue weighted by Gasteiger charge is 2.33. The first-order valence-corrected chi connectivity index (χ1v) is 10.0. The maximum absolute atomic E-state index is 5.95. The highest BCUT2D eigenvalue weighted by Crippen LogP contribution is 2.38. The molecule has 0 aliphatic carbocycles. The van der Waals surface area contributed by atoms with Crippen LogP contribution in [0.25, 0.3) is 0 Å². The van der Waals surface area contributed by atoms with Crippen molar-refractivity contribution in [2.24, 2.45) is 0 Å². The number of hydroxylamine groups is 2. The van der Waals surface area contributed by atoms with Gasteiger partial charge in [0.25, 0.3) is 0 Å². The van der Waals surface area contributed by atoms with Gasteiger partial charge in [-0.15, -0.1) is 0 Å². The lowest BCUT2D eigenvalue weighted by Gasteiger charge is -2.19. The largest absolute Gasteiger partial charge is 0.493 e. The molecule has 1 saturated heterocycles. The summed E-state index contributed by atoms with van der Waals surface area (Å²) in [5.41, 5.74) is 2.16. The van der Waals surface area contributed by atoms with Crippen LogP contribution < -0.4 is 9.47 Å². The van der Waals surface area contributed by atoms with Crippen LogP contribution >= 0.6 is 11.6 Å². The van der Waals surface area contributed by atoms with E-state index < -0.39 is 0 Å². The summed E-state index contributed by atoms with van der Waals surface area (Å²) in [6.45, 7) is 3.33. The summed E-state index contributed by atoms with van der Waals surface area (Å²) in [6.07, 6.45) is 2.74. The minimum Gasteiger partial charge on any atom is -0.493 e. The van der Waals surface area contributed by atoms with Crippen LogP contribution in [0.5, 0.6) is 11.5 Å². The van der Waals surface area contributed by atoms with Gasteiger partial charge in [-0.3, -0.25) is 4.84 Å². The van der Waals surface area contributed by atoms with E-state index in [9.17, 15) is 0 Å². The maximum atomic E-state index is 5.95. The molecule has 28 heavy (non-hydrogen) atoms. The monoisotopic (exact) mass is 405 g/mol. The molecular formula is C22H28ClNO4. The fourth-order valence-electron chi connectivity index (χ4n) is 3.19. The highest BCUT2D eigenvalue weighted by atomic mass is 35.5. The molecule has 0 N–H and O–H groups in total. The van der Waals surface area contributed by atoms with E-state index >= 15 is 0 Å². The number of nitrogens with zero attached hydrogens (tertiary/aromatic N) is 1. The standard InChI is InChI=1S/C22H28ClNO4/c1-4-5-12-26-22-14-19(24(2)28-22)17-8-11-20(21(13-17)25-3)27-15-16-6-9-18(23)10-7-16/h6-11,13,19,22H,4-5,12,14-15H2,1-3H3/t19-,22+/m0/s1. The zero-order valence-corrected chi connectivity index (χ0v) is 17.4. The van der Waals surface area contributed by atoms with Crippen molar-refractivity contribution in [2.75, 3.05) is 20.8 Å². The van der Waals surface area contributed by atoms with Crippen LogP contribution in [-0.2, 0) is 16.2 Å². The second-order valence-corrected chi connectivity index (χ2v) is 7.32. The van der Waals surface area contributed by atoms with Crippen LogP contribution in [-0.4, -0.2) is 32.1 Å². The summed E-state index contributed by atoms with van der Waals surface area (Å²) < 4.78 is 17.3. The Morgan fingerprint density at radius 1 is 1.14 bits per heavy atom. The molecule has 6 heteroatoms. The lowest BCUT2D eigenvalue weighted by molar-refractivity contribution is -0.229. The smallest absolute Gasteiger partial charge is 0.179 e. The van der Waals surface area contributed by atoms with Crippen molar-refractivity contribution in [1.29, 1.82) is 0 Å². The number of rotatable bonds is 9. The molecule has 1 fully saturated rings. The van der Waals surface area contributed by atoms with Crippen molar-refractivity contribution in [3.05, 3.63) is 58.6 Å². The molecule has 0 unspecified atom stereocenters. The minimum absolute atomic E-state index is 0.117. The number of hydrogen-bond donors (Lipinski definition) is 0. The average Bonchev–Trinajstić information content (AvgIpc) is 3.08. The van der Waals surface area contributed by atoms with Crippen LogP contribution in [0.15, 0.2) is 42.5 Å². The molecule has 0 radical (unpaired) electrons. The van der Waals surface area contributed by atoms with Gasteiger partial charge in [-0.2, -0.15) is 5.06 Å². The third kappa shape index (κ3) is 5.39. The summed E-state index contributed by atoms with van der Waals surface area (Å²) in [5, 5.41) is 2.57. The Kier molecular flexibility index (Phi) is 7.57. The molecule has 1 heterocycles. The van der Waals surface area contributed by atoms with E-state index in [1.807, 2.05) is 48.5 Å². The molecule has 1 aliphatic rings. The normalized spacial score (nSPS) is 19.7. The third-order valence-corrected chi connectivity index (χ3v) is 5.07.